The topological polar surface area (TPSA) is 111 Å². The summed E-state index contributed by atoms with van der Waals surface area (Å²) < 4.78 is 34.2. The van der Waals surface area contributed by atoms with Gasteiger partial charge in [-0.2, -0.15) is 0 Å². The second-order valence-electron chi connectivity index (χ2n) is 24.9. The average Bonchev–Trinajstić information content (AvgIpc) is 3.68. The lowest BCUT2D eigenvalue weighted by atomic mass is 10.0. The smallest absolute Gasteiger partial charge is 0.306 e. The van der Waals surface area contributed by atoms with Gasteiger partial charge in [0, 0.05) is 12.8 Å². The van der Waals surface area contributed by atoms with Gasteiger partial charge in [0.05, 0.1) is 27.7 Å². The van der Waals surface area contributed by atoms with Crippen LogP contribution in [0.2, 0.25) is 0 Å². The molecule has 0 aromatic rings. The lowest BCUT2D eigenvalue weighted by molar-refractivity contribution is -0.870. The van der Waals surface area contributed by atoms with E-state index in [1.54, 1.807) is 0 Å². The van der Waals surface area contributed by atoms with Crippen molar-refractivity contribution in [3.05, 3.63) is 134 Å². The van der Waals surface area contributed by atoms with E-state index >= 15 is 0 Å². The number of quaternary nitrogens is 1. The molecule has 0 N–H and O–H groups in total. The third-order valence-electron chi connectivity index (χ3n) is 15.2. The molecule has 0 radical (unpaired) electrons. The maximum atomic E-state index is 12.8. The number of carbonyl (C=O) groups excluding carboxylic acids is 2. The van der Waals surface area contributed by atoms with Crippen LogP contribution < -0.4 is 4.89 Å². The third kappa shape index (κ3) is 71.2. The maximum Gasteiger partial charge on any atom is 0.306 e. The fraction of sp³-hybridized carbons (Fsp3) is 0.692. The molecular formula is C78H134NO8P. The zero-order chi connectivity index (χ0) is 64.1. The van der Waals surface area contributed by atoms with E-state index in [-0.39, 0.29) is 26.1 Å². The molecule has 0 aromatic carbocycles. The zero-order valence-corrected chi connectivity index (χ0v) is 58.3. The molecule has 9 nitrogen and oxygen atoms in total. The monoisotopic (exact) mass is 1240 g/mol. The number of allylic oxidation sites excluding steroid dienone is 22. The van der Waals surface area contributed by atoms with E-state index in [9.17, 15) is 19.0 Å². The highest BCUT2D eigenvalue weighted by atomic mass is 31.2. The molecule has 0 amide bonds. The van der Waals surface area contributed by atoms with Gasteiger partial charge < -0.3 is 27.9 Å². The molecule has 0 aliphatic carbocycles. The van der Waals surface area contributed by atoms with Gasteiger partial charge >= 0.3 is 11.9 Å². The van der Waals surface area contributed by atoms with Crippen LogP contribution in [0.1, 0.15) is 296 Å². The van der Waals surface area contributed by atoms with Crippen LogP contribution in [-0.2, 0) is 32.7 Å². The first-order valence-corrected chi connectivity index (χ1v) is 37.4. The van der Waals surface area contributed by atoms with Crippen LogP contribution in [0, 0.1) is 0 Å². The van der Waals surface area contributed by atoms with E-state index in [1.165, 1.54) is 173 Å². The summed E-state index contributed by atoms with van der Waals surface area (Å²) >= 11 is 0. The van der Waals surface area contributed by atoms with Crippen molar-refractivity contribution in [1.82, 2.24) is 0 Å². The van der Waals surface area contributed by atoms with Crippen LogP contribution >= 0.6 is 7.82 Å². The molecule has 0 saturated heterocycles. The number of carbonyl (C=O) groups is 2. The molecular weight excluding hydrogens is 1110 g/mol. The molecule has 88 heavy (non-hydrogen) atoms. The van der Waals surface area contributed by atoms with E-state index in [1.807, 2.05) is 27.2 Å². The Balaban J connectivity index is 4.11. The van der Waals surface area contributed by atoms with Gasteiger partial charge in [-0.3, -0.25) is 14.2 Å². The summed E-state index contributed by atoms with van der Waals surface area (Å²) in [6, 6.07) is 0. The molecule has 2 unspecified atom stereocenters. The summed E-state index contributed by atoms with van der Waals surface area (Å²) in [7, 11) is 1.12. The van der Waals surface area contributed by atoms with Gasteiger partial charge in [0.2, 0.25) is 0 Å². The molecule has 504 valence electrons. The van der Waals surface area contributed by atoms with Crippen LogP contribution in [0.3, 0.4) is 0 Å². The Bertz CT molecular complexity index is 1950. The third-order valence-corrected chi connectivity index (χ3v) is 16.1. The fourth-order valence-corrected chi connectivity index (χ4v) is 10.4. The van der Waals surface area contributed by atoms with Gasteiger partial charge in [-0.25, -0.2) is 0 Å². The summed E-state index contributed by atoms with van der Waals surface area (Å²) in [4.78, 5) is 38.0. The zero-order valence-electron chi connectivity index (χ0n) is 57.4. The molecule has 0 spiro atoms. The standard InChI is InChI=1S/C78H134NO8P/c1-6-8-10-12-14-16-18-20-22-24-26-28-30-32-34-36-37-38-39-40-41-43-44-46-48-50-52-54-56-58-60-62-64-66-68-70-77(80)84-74-76(75-86-88(82,83)85-73-72-79(3,4)5)87-78(81)71-69-67-65-63-61-59-57-55-53-51-49-47-45-42-35-33-31-29-27-25-23-21-19-17-15-13-11-9-7-2/h9,11,15,17-18,20-21,23-24,26-27,29,33,35,45,47,51,53,57,59,63,65,76H,6-8,10,12-14,16,19,22,25,28,30-32,34,36-44,46,48-50,52,54-56,58,60-62,64,66-75H2,1-5H3/b11-9-,17-15-,20-18-,23-21-,26-24-,29-27-,35-33-,47-45-,53-51-,59-57-,65-63-. The summed E-state index contributed by atoms with van der Waals surface area (Å²) in [6.45, 7) is 4.06. The number of phosphoric ester groups is 1. The van der Waals surface area contributed by atoms with Crippen LogP contribution in [-0.4, -0.2) is 70.0 Å². The Labute approximate surface area is 542 Å². The SMILES string of the molecule is CC/C=C\C/C=C\C/C=C\C/C=C\C/C=C\C/C=C\C/C=C\C/C=C\C/C=C\CCCC(=O)OC(COC(=O)CCCCCCCCCCCCCCCCCCCCCCCCC/C=C\C/C=C\CCCCCCC)COP(=O)([O-])OCC[N+](C)(C)C. The average molecular weight is 1240 g/mol. The maximum absolute atomic E-state index is 12.8. The molecule has 0 heterocycles. The van der Waals surface area contributed by atoms with Crippen molar-refractivity contribution in [2.24, 2.45) is 0 Å². The van der Waals surface area contributed by atoms with Crippen molar-refractivity contribution in [1.29, 1.82) is 0 Å². The highest BCUT2D eigenvalue weighted by Gasteiger charge is 2.22. The second kappa shape index (κ2) is 67.5. The van der Waals surface area contributed by atoms with Crippen LogP contribution in [0.5, 0.6) is 0 Å². The van der Waals surface area contributed by atoms with Crippen LogP contribution in [0.4, 0.5) is 0 Å². The number of likely N-dealkylation sites (N-methyl/N-ethyl adjacent to an activating group) is 1. The molecule has 0 saturated carbocycles. The number of esters is 2. The van der Waals surface area contributed by atoms with Crippen LogP contribution in [0.25, 0.3) is 0 Å². The molecule has 0 fully saturated rings. The number of unbranched alkanes of at least 4 members (excludes halogenated alkanes) is 29. The Kier molecular flexibility index (Phi) is 64.6. The Morgan fingerprint density at radius 1 is 0.364 bits per heavy atom. The van der Waals surface area contributed by atoms with Gasteiger partial charge in [-0.15, -0.1) is 0 Å². The highest BCUT2D eigenvalue weighted by Crippen LogP contribution is 2.38. The molecule has 2 atom stereocenters. The largest absolute Gasteiger partial charge is 0.756 e. The van der Waals surface area contributed by atoms with Gasteiger partial charge in [0.15, 0.2) is 6.10 Å². The molecule has 0 aliphatic heterocycles. The molecule has 0 rings (SSSR count). The first-order chi connectivity index (χ1) is 43.0. The van der Waals surface area contributed by atoms with Crippen molar-refractivity contribution in [3.8, 4) is 0 Å². The summed E-state index contributed by atoms with van der Waals surface area (Å²) in [6.07, 6.45) is 98.4. The predicted octanol–water partition coefficient (Wildman–Crippen LogP) is 23.0. The number of hydrogen-bond acceptors (Lipinski definition) is 8. The van der Waals surface area contributed by atoms with E-state index in [2.05, 4.69) is 141 Å². The lowest BCUT2D eigenvalue weighted by Gasteiger charge is -2.28. The second-order valence-corrected chi connectivity index (χ2v) is 26.3. The van der Waals surface area contributed by atoms with Gasteiger partial charge in [0.25, 0.3) is 7.82 Å². The van der Waals surface area contributed by atoms with Gasteiger partial charge in [-0.1, -0.05) is 308 Å². The van der Waals surface area contributed by atoms with Crippen molar-refractivity contribution in [2.75, 3.05) is 47.5 Å². The fourth-order valence-electron chi connectivity index (χ4n) is 9.69. The molecule has 0 aliphatic rings. The minimum Gasteiger partial charge on any atom is -0.756 e. The first-order valence-electron chi connectivity index (χ1n) is 35.9. The molecule has 0 bridgehead atoms. The Morgan fingerprint density at radius 3 is 1.00 bits per heavy atom. The molecule has 10 heteroatoms. The predicted molar refractivity (Wildman–Crippen MR) is 378 cm³/mol. The van der Waals surface area contributed by atoms with E-state index in [0.717, 1.165) is 83.5 Å². The van der Waals surface area contributed by atoms with Crippen molar-refractivity contribution < 1.29 is 42.1 Å². The van der Waals surface area contributed by atoms with Gasteiger partial charge in [-0.05, 0) is 109 Å². The number of hydrogen-bond donors (Lipinski definition) is 0. The first kappa shape index (κ1) is 84.2. The van der Waals surface area contributed by atoms with Crippen LogP contribution in [0.15, 0.2) is 134 Å². The van der Waals surface area contributed by atoms with Crippen molar-refractivity contribution in [2.45, 2.75) is 302 Å². The molecule has 0 aromatic heterocycles. The highest BCUT2D eigenvalue weighted by molar-refractivity contribution is 7.45. The summed E-state index contributed by atoms with van der Waals surface area (Å²) in [5.41, 5.74) is 0. The van der Waals surface area contributed by atoms with Crippen molar-refractivity contribution >= 4 is 19.8 Å². The summed E-state index contributed by atoms with van der Waals surface area (Å²) in [5, 5.41) is 0. The number of nitrogens with zero attached hydrogens (tertiary/aromatic N) is 1. The Morgan fingerprint density at radius 2 is 0.659 bits per heavy atom. The minimum atomic E-state index is -4.67. The normalized spacial score (nSPS) is 13.9. The lowest BCUT2D eigenvalue weighted by Crippen LogP contribution is -2.37. The van der Waals surface area contributed by atoms with E-state index < -0.39 is 32.5 Å². The quantitative estimate of drug-likeness (QED) is 0.0195. The van der Waals surface area contributed by atoms with Gasteiger partial charge in [0.1, 0.15) is 19.8 Å². The van der Waals surface area contributed by atoms with Crippen molar-refractivity contribution in [3.63, 3.8) is 0 Å². The van der Waals surface area contributed by atoms with E-state index in [0.29, 0.717) is 23.9 Å². The number of rotatable bonds is 65. The Hall–Kier alpha value is -3.85. The number of phosphoric acid groups is 1. The summed E-state index contributed by atoms with van der Waals surface area (Å²) in [5.74, 6) is -0.902. The minimum absolute atomic E-state index is 0.0475. The number of ether oxygens (including phenoxy) is 2. The van der Waals surface area contributed by atoms with E-state index in [4.69, 9.17) is 18.5 Å².